The van der Waals surface area contributed by atoms with E-state index < -0.39 is 57.2 Å². The molecule has 0 bridgehead atoms. The molecule has 0 radical (unpaired) electrons. The Balaban J connectivity index is 2.12. The van der Waals surface area contributed by atoms with Gasteiger partial charge in [-0.3, -0.25) is 14.8 Å². The molecule has 0 aliphatic heterocycles. The number of carboxylic acid groups (broad SMARTS) is 1. The molecule has 1 atom stereocenters. The van der Waals surface area contributed by atoms with Crippen LogP contribution in [0.5, 0.6) is 17.4 Å². The standard InChI is InChI=1S/C20H21ClF3N3O10/c1-26-17(20(22,23)24)16(21)18(25-26)36-11-3-4-12(27(31)32)14(9-11)37-13(19(29)30)5-6-34-7-8-35-15(28)10-33-2/h3-4,9,13H,5-8,10H2,1-2H3,(H,29,30). The first-order chi connectivity index (χ1) is 17.3. The lowest BCUT2D eigenvalue weighted by Gasteiger charge is -2.16. The summed E-state index contributed by atoms with van der Waals surface area (Å²) in [5.74, 6) is -3.52. The van der Waals surface area contributed by atoms with Gasteiger partial charge in [-0.2, -0.15) is 13.2 Å². The van der Waals surface area contributed by atoms with Crippen molar-refractivity contribution in [3.63, 3.8) is 0 Å². The Morgan fingerprint density at radius 3 is 2.54 bits per heavy atom. The van der Waals surface area contributed by atoms with Crippen LogP contribution in [-0.2, 0) is 37.0 Å². The molecule has 2 aromatic rings. The number of benzene rings is 1. The van der Waals surface area contributed by atoms with Gasteiger partial charge in [0.15, 0.2) is 11.8 Å². The van der Waals surface area contributed by atoms with Crippen molar-refractivity contribution in [2.24, 2.45) is 7.05 Å². The number of aryl methyl sites for hydroxylation is 1. The summed E-state index contributed by atoms with van der Waals surface area (Å²) >= 11 is 5.74. The number of alkyl halides is 3. The van der Waals surface area contributed by atoms with E-state index in [4.69, 9.17) is 30.5 Å². The highest BCUT2D eigenvalue weighted by molar-refractivity contribution is 6.32. The summed E-state index contributed by atoms with van der Waals surface area (Å²) in [6.07, 6.45) is -6.70. The molecule has 0 spiro atoms. The highest BCUT2D eigenvalue weighted by Crippen LogP contribution is 2.41. The molecule has 0 amide bonds. The molecular weight excluding hydrogens is 535 g/mol. The predicted molar refractivity (Wildman–Crippen MR) is 117 cm³/mol. The van der Waals surface area contributed by atoms with E-state index in [0.29, 0.717) is 4.68 Å². The third-order valence-electron chi connectivity index (χ3n) is 4.39. The summed E-state index contributed by atoms with van der Waals surface area (Å²) in [4.78, 5) is 33.3. The van der Waals surface area contributed by atoms with E-state index in [1.54, 1.807) is 0 Å². The van der Waals surface area contributed by atoms with E-state index in [2.05, 4.69) is 9.84 Å². The van der Waals surface area contributed by atoms with Crippen LogP contribution in [0.3, 0.4) is 0 Å². The lowest BCUT2D eigenvalue weighted by Crippen LogP contribution is -2.29. The fraction of sp³-hybridized carbons (Fsp3) is 0.450. The molecular formula is C20H21ClF3N3O10. The second-order valence-electron chi connectivity index (χ2n) is 7.08. The molecule has 13 nitrogen and oxygen atoms in total. The maximum absolute atomic E-state index is 13.1. The van der Waals surface area contributed by atoms with Crippen molar-refractivity contribution in [3.05, 3.63) is 39.0 Å². The van der Waals surface area contributed by atoms with Gasteiger partial charge in [-0.1, -0.05) is 11.6 Å². The number of aromatic nitrogens is 2. The molecule has 204 valence electrons. The second-order valence-corrected chi connectivity index (χ2v) is 7.46. The van der Waals surface area contributed by atoms with Gasteiger partial charge in [0, 0.05) is 32.7 Å². The van der Waals surface area contributed by atoms with Crippen molar-refractivity contribution in [3.8, 4) is 17.4 Å². The molecule has 2 rings (SSSR count). The summed E-state index contributed by atoms with van der Waals surface area (Å²) in [5, 5.41) is 23.5. The number of carbonyl (C=O) groups excluding carboxylic acids is 1. The quantitative estimate of drug-likeness (QED) is 0.158. The van der Waals surface area contributed by atoms with Crippen molar-refractivity contribution in [1.29, 1.82) is 0 Å². The molecule has 0 saturated carbocycles. The van der Waals surface area contributed by atoms with Crippen LogP contribution in [0.2, 0.25) is 5.02 Å². The van der Waals surface area contributed by atoms with Crippen LogP contribution in [0, 0.1) is 10.1 Å². The van der Waals surface area contributed by atoms with Gasteiger partial charge < -0.3 is 28.8 Å². The number of hydrogen-bond acceptors (Lipinski definition) is 10. The number of nitro groups is 1. The van der Waals surface area contributed by atoms with Crippen molar-refractivity contribution in [1.82, 2.24) is 9.78 Å². The molecule has 37 heavy (non-hydrogen) atoms. The monoisotopic (exact) mass is 555 g/mol. The Bertz CT molecular complexity index is 1130. The average Bonchev–Trinajstić information content (AvgIpc) is 3.08. The van der Waals surface area contributed by atoms with E-state index in [9.17, 15) is 38.0 Å². The van der Waals surface area contributed by atoms with Crippen LogP contribution in [-0.4, -0.2) is 71.4 Å². The van der Waals surface area contributed by atoms with E-state index in [1.165, 1.54) is 7.11 Å². The number of carboxylic acids is 1. The summed E-state index contributed by atoms with van der Waals surface area (Å²) in [6, 6.07) is 2.88. The van der Waals surface area contributed by atoms with Crippen molar-refractivity contribution >= 4 is 29.2 Å². The number of halogens is 4. The Morgan fingerprint density at radius 2 is 1.97 bits per heavy atom. The molecule has 1 unspecified atom stereocenters. The van der Waals surface area contributed by atoms with Crippen molar-refractivity contribution < 1.29 is 56.5 Å². The number of esters is 1. The number of ether oxygens (including phenoxy) is 5. The van der Waals surface area contributed by atoms with E-state index in [1.807, 2.05) is 0 Å². The smallest absolute Gasteiger partial charge is 0.434 e. The van der Waals surface area contributed by atoms with Crippen LogP contribution in [0.4, 0.5) is 18.9 Å². The lowest BCUT2D eigenvalue weighted by atomic mass is 10.2. The summed E-state index contributed by atoms with van der Waals surface area (Å²) in [5.41, 5.74) is -1.91. The maximum Gasteiger partial charge on any atom is 0.434 e. The third-order valence-corrected chi connectivity index (χ3v) is 4.73. The number of nitro benzene ring substituents is 1. The molecule has 17 heteroatoms. The first-order valence-corrected chi connectivity index (χ1v) is 10.6. The Morgan fingerprint density at radius 1 is 1.27 bits per heavy atom. The fourth-order valence-corrected chi connectivity index (χ4v) is 3.12. The van der Waals surface area contributed by atoms with Gasteiger partial charge in [-0.15, -0.1) is 5.10 Å². The molecule has 0 fully saturated rings. The predicted octanol–water partition coefficient (Wildman–Crippen LogP) is 3.22. The Kier molecular flexibility index (Phi) is 10.5. The fourth-order valence-electron chi connectivity index (χ4n) is 2.81. The zero-order valence-electron chi connectivity index (χ0n) is 19.3. The normalized spacial score (nSPS) is 12.2. The van der Waals surface area contributed by atoms with E-state index in [-0.39, 0.29) is 38.6 Å². The summed E-state index contributed by atoms with van der Waals surface area (Å²) in [6.45, 7) is -0.590. The van der Waals surface area contributed by atoms with Gasteiger partial charge in [-0.05, 0) is 6.07 Å². The number of rotatable bonds is 14. The highest BCUT2D eigenvalue weighted by Gasteiger charge is 2.39. The maximum atomic E-state index is 13.1. The molecule has 0 aliphatic carbocycles. The SMILES string of the molecule is COCC(=O)OCCOCCC(Oc1cc(Oc2nn(C)c(C(F)(F)F)c2Cl)ccc1[N+](=O)[O-])C(=O)O. The summed E-state index contributed by atoms with van der Waals surface area (Å²) in [7, 11) is 2.31. The number of methoxy groups -OCH3 is 1. The minimum Gasteiger partial charge on any atom is -0.479 e. The number of nitrogens with zero attached hydrogens (tertiary/aromatic N) is 3. The van der Waals surface area contributed by atoms with Gasteiger partial charge in [0.05, 0.1) is 18.1 Å². The molecule has 0 saturated heterocycles. The zero-order chi connectivity index (χ0) is 27.8. The second kappa shape index (κ2) is 13.1. The lowest BCUT2D eigenvalue weighted by molar-refractivity contribution is -0.386. The minimum atomic E-state index is -4.83. The number of aliphatic carboxylic acids is 1. The molecule has 0 aliphatic rings. The number of hydrogen-bond donors (Lipinski definition) is 1. The van der Waals surface area contributed by atoms with E-state index >= 15 is 0 Å². The topological polar surface area (TPSA) is 161 Å². The highest BCUT2D eigenvalue weighted by atomic mass is 35.5. The van der Waals surface area contributed by atoms with Crippen LogP contribution >= 0.6 is 11.6 Å². The van der Waals surface area contributed by atoms with Gasteiger partial charge in [0.2, 0.25) is 5.75 Å². The molecule has 1 aromatic heterocycles. The summed E-state index contributed by atoms with van der Waals surface area (Å²) < 4.78 is 64.9. The van der Waals surface area contributed by atoms with Crippen LogP contribution in [0.1, 0.15) is 12.1 Å². The van der Waals surface area contributed by atoms with Gasteiger partial charge >= 0.3 is 23.8 Å². The average molecular weight is 556 g/mol. The first-order valence-electron chi connectivity index (χ1n) is 10.2. The Labute approximate surface area is 211 Å². The van der Waals surface area contributed by atoms with E-state index in [0.717, 1.165) is 25.2 Å². The molecule has 1 N–H and O–H groups in total. The van der Waals surface area contributed by atoms with Gasteiger partial charge in [0.1, 0.15) is 24.0 Å². The Hall–Kier alpha value is -3.63. The largest absolute Gasteiger partial charge is 0.479 e. The first kappa shape index (κ1) is 29.6. The van der Waals surface area contributed by atoms with Gasteiger partial charge in [0.25, 0.3) is 5.88 Å². The molecule has 1 heterocycles. The van der Waals surface area contributed by atoms with Crippen LogP contribution in [0.25, 0.3) is 0 Å². The number of carbonyl (C=O) groups is 2. The zero-order valence-corrected chi connectivity index (χ0v) is 20.1. The van der Waals surface area contributed by atoms with Gasteiger partial charge in [-0.25, -0.2) is 9.59 Å². The minimum absolute atomic E-state index is 0.0595. The molecule has 1 aromatic carbocycles. The van der Waals surface area contributed by atoms with Crippen molar-refractivity contribution in [2.75, 3.05) is 33.5 Å². The van der Waals surface area contributed by atoms with Crippen LogP contribution in [0.15, 0.2) is 18.2 Å². The third kappa shape index (κ3) is 8.47. The van der Waals surface area contributed by atoms with Crippen molar-refractivity contribution in [2.45, 2.75) is 18.7 Å². The van der Waals surface area contributed by atoms with Crippen LogP contribution < -0.4 is 9.47 Å².